The average molecular weight is 330 g/mol. The standard InChI is InChI=1S/C17H18N2O3S/c1-3-12-4-6-13(7-5-12)16(20)18-19-17(21)14-8-10-15(11-9-14)23(2)22/h4-11H,3H2,1-2H3,(H,18,20)(H,19,21). The molecule has 2 amide bonds. The van der Waals surface area contributed by atoms with Crippen LogP contribution in [0.4, 0.5) is 0 Å². The van der Waals surface area contributed by atoms with Crippen LogP contribution in [-0.4, -0.2) is 22.3 Å². The van der Waals surface area contributed by atoms with Crippen molar-refractivity contribution < 1.29 is 13.8 Å². The SMILES string of the molecule is CCc1ccc(C(=O)NNC(=O)c2ccc(S(C)=O)cc2)cc1. The molecule has 0 heterocycles. The van der Waals surface area contributed by atoms with Crippen LogP contribution in [0.2, 0.25) is 0 Å². The summed E-state index contributed by atoms with van der Waals surface area (Å²) in [7, 11) is -1.09. The normalized spacial score (nSPS) is 11.6. The van der Waals surface area contributed by atoms with Crippen LogP contribution < -0.4 is 10.9 Å². The van der Waals surface area contributed by atoms with E-state index in [9.17, 15) is 13.8 Å². The number of benzene rings is 2. The van der Waals surface area contributed by atoms with Gasteiger partial charge in [-0.05, 0) is 48.4 Å². The van der Waals surface area contributed by atoms with Crippen molar-refractivity contribution in [3.63, 3.8) is 0 Å². The molecule has 6 heteroatoms. The Hall–Kier alpha value is -2.47. The summed E-state index contributed by atoms with van der Waals surface area (Å²) in [5.41, 5.74) is 6.72. The lowest BCUT2D eigenvalue weighted by molar-refractivity contribution is 0.0846. The highest BCUT2D eigenvalue weighted by molar-refractivity contribution is 7.84. The van der Waals surface area contributed by atoms with E-state index in [2.05, 4.69) is 10.9 Å². The number of nitrogens with one attached hydrogen (secondary N) is 2. The maximum atomic E-state index is 12.0. The maximum absolute atomic E-state index is 12.0. The Balaban J connectivity index is 1.94. The number of carbonyl (C=O) groups is 2. The Morgan fingerprint density at radius 3 is 1.70 bits per heavy atom. The zero-order chi connectivity index (χ0) is 16.8. The lowest BCUT2D eigenvalue weighted by atomic mass is 10.1. The van der Waals surface area contributed by atoms with E-state index in [1.54, 1.807) is 42.7 Å². The van der Waals surface area contributed by atoms with E-state index in [4.69, 9.17) is 0 Å². The van der Waals surface area contributed by atoms with Crippen molar-refractivity contribution in [2.45, 2.75) is 18.2 Å². The van der Waals surface area contributed by atoms with E-state index in [1.165, 1.54) is 0 Å². The molecule has 0 aliphatic rings. The van der Waals surface area contributed by atoms with Crippen LogP contribution in [0.15, 0.2) is 53.4 Å². The van der Waals surface area contributed by atoms with Crippen molar-refractivity contribution in [2.75, 3.05) is 6.26 Å². The molecule has 2 aromatic rings. The van der Waals surface area contributed by atoms with Crippen LogP contribution in [0.3, 0.4) is 0 Å². The first-order valence-electron chi connectivity index (χ1n) is 7.14. The minimum atomic E-state index is -1.09. The Morgan fingerprint density at radius 2 is 1.30 bits per heavy atom. The summed E-state index contributed by atoms with van der Waals surface area (Å²) in [6, 6.07) is 13.5. The number of hydrogen-bond acceptors (Lipinski definition) is 3. The molecule has 0 saturated heterocycles. The van der Waals surface area contributed by atoms with Crippen LogP contribution in [-0.2, 0) is 17.2 Å². The topological polar surface area (TPSA) is 75.3 Å². The molecule has 1 atom stereocenters. The average Bonchev–Trinajstić information content (AvgIpc) is 2.59. The van der Waals surface area contributed by atoms with Crippen molar-refractivity contribution in [1.29, 1.82) is 0 Å². The number of rotatable bonds is 4. The summed E-state index contributed by atoms with van der Waals surface area (Å²) in [4.78, 5) is 24.6. The molecule has 0 aromatic heterocycles. The summed E-state index contributed by atoms with van der Waals surface area (Å²) >= 11 is 0. The highest BCUT2D eigenvalue weighted by Gasteiger charge is 2.09. The third kappa shape index (κ3) is 4.50. The van der Waals surface area contributed by atoms with Crippen molar-refractivity contribution in [3.8, 4) is 0 Å². The van der Waals surface area contributed by atoms with Gasteiger partial charge in [-0.2, -0.15) is 0 Å². The lowest BCUT2D eigenvalue weighted by Gasteiger charge is -2.08. The van der Waals surface area contributed by atoms with Crippen molar-refractivity contribution in [3.05, 3.63) is 65.2 Å². The zero-order valence-corrected chi connectivity index (χ0v) is 13.8. The quantitative estimate of drug-likeness (QED) is 0.843. The Bertz CT molecular complexity index is 725. The lowest BCUT2D eigenvalue weighted by Crippen LogP contribution is -2.41. The molecule has 0 aliphatic carbocycles. The molecule has 2 aromatic carbocycles. The van der Waals surface area contributed by atoms with Crippen LogP contribution in [0.5, 0.6) is 0 Å². The fourth-order valence-electron chi connectivity index (χ4n) is 1.95. The van der Waals surface area contributed by atoms with Gasteiger partial charge >= 0.3 is 0 Å². The predicted molar refractivity (Wildman–Crippen MR) is 89.5 cm³/mol. The fraction of sp³-hybridized carbons (Fsp3) is 0.176. The first-order chi connectivity index (χ1) is 11.0. The third-order valence-electron chi connectivity index (χ3n) is 3.36. The highest BCUT2D eigenvalue weighted by Crippen LogP contribution is 2.08. The van der Waals surface area contributed by atoms with Crippen molar-refractivity contribution in [1.82, 2.24) is 10.9 Å². The van der Waals surface area contributed by atoms with Crippen molar-refractivity contribution >= 4 is 22.6 Å². The first kappa shape index (κ1) is 16.9. The Labute approximate surface area is 137 Å². The number of amides is 2. The summed E-state index contributed by atoms with van der Waals surface area (Å²) in [6.07, 6.45) is 2.47. The second kappa shape index (κ2) is 7.69. The summed E-state index contributed by atoms with van der Waals surface area (Å²) < 4.78 is 11.3. The van der Waals surface area contributed by atoms with Gasteiger partial charge in [-0.15, -0.1) is 0 Å². The van der Waals surface area contributed by atoms with Gasteiger partial charge in [0.1, 0.15) is 0 Å². The second-order valence-corrected chi connectivity index (χ2v) is 6.32. The summed E-state index contributed by atoms with van der Waals surface area (Å²) in [6.45, 7) is 2.04. The largest absolute Gasteiger partial charge is 0.269 e. The van der Waals surface area contributed by atoms with Gasteiger partial charge < -0.3 is 0 Å². The number of hydrazine groups is 1. The van der Waals surface area contributed by atoms with E-state index in [0.29, 0.717) is 16.0 Å². The monoisotopic (exact) mass is 330 g/mol. The molecule has 5 nitrogen and oxygen atoms in total. The molecular weight excluding hydrogens is 312 g/mol. The van der Waals surface area contributed by atoms with E-state index < -0.39 is 16.7 Å². The van der Waals surface area contributed by atoms with Gasteiger partial charge in [0.25, 0.3) is 11.8 Å². The van der Waals surface area contributed by atoms with Crippen LogP contribution in [0.1, 0.15) is 33.2 Å². The minimum absolute atomic E-state index is 0.376. The molecule has 1 unspecified atom stereocenters. The van der Waals surface area contributed by atoms with Crippen LogP contribution >= 0.6 is 0 Å². The number of aryl methyl sites for hydroxylation is 1. The Kier molecular flexibility index (Phi) is 5.65. The van der Waals surface area contributed by atoms with Gasteiger partial charge in [-0.1, -0.05) is 19.1 Å². The van der Waals surface area contributed by atoms with Gasteiger partial charge in [0.15, 0.2) is 0 Å². The van der Waals surface area contributed by atoms with Gasteiger partial charge in [0.05, 0.1) is 0 Å². The minimum Gasteiger partial charge on any atom is -0.267 e. The molecule has 0 spiro atoms. The molecule has 0 aliphatic heterocycles. The highest BCUT2D eigenvalue weighted by atomic mass is 32.2. The first-order valence-corrected chi connectivity index (χ1v) is 8.70. The summed E-state index contributed by atoms with van der Waals surface area (Å²) in [5, 5.41) is 0. The third-order valence-corrected chi connectivity index (χ3v) is 4.30. The molecule has 2 rings (SSSR count). The zero-order valence-electron chi connectivity index (χ0n) is 13.0. The van der Waals surface area contributed by atoms with E-state index >= 15 is 0 Å². The van der Waals surface area contributed by atoms with Gasteiger partial charge in [-0.3, -0.25) is 24.6 Å². The van der Waals surface area contributed by atoms with Crippen LogP contribution in [0.25, 0.3) is 0 Å². The molecule has 120 valence electrons. The Morgan fingerprint density at radius 1 is 0.870 bits per heavy atom. The predicted octanol–water partition coefficient (Wildman–Crippen LogP) is 2.06. The number of carbonyl (C=O) groups excluding carboxylic acids is 2. The molecule has 2 N–H and O–H groups in total. The molecule has 0 saturated carbocycles. The smallest absolute Gasteiger partial charge is 0.267 e. The molecule has 23 heavy (non-hydrogen) atoms. The molecule has 0 fully saturated rings. The van der Waals surface area contributed by atoms with Crippen molar-refractivity contribution in [2.24, 2.45) is 0 Å². The van der Waals surface area contributed by atoms with Gasteiger partial charge in [0.2, 0.25) is 0 Å². The molecular formula is C17H18N2O3S. The van der Waals surface area contributed by atoms with Gasteiger partial charge in [0, 0.05) is 33.1 Å². The van der Waals surface area contributed by atoms with Crippen LogP contribution in [0, 0.1) is 0 Å². The number of hydrogen-bond donors (Lipinski definition) is 2. The maximum Gasteiger partial charge on any atom is 0.269 e. The van der Waals surface area contributed by atoms with E-state index in [-0.39, 0.29) is 5.91 Å². The molecule has 0 bridgehead atoms. The van der Waals surface area contributed by atoms with E-state index in [1.807, 2.05) is 19.1 Å². The van der Waals surface area contributed by atoms with E-state index in [0.717, 1.165) is 12.0 Å². The molecule has 0 radical (unpaired) electrons. The van der Waals surface area contributed by atoms with Gasteiger partial charge in [-0.25, -0.2) is 0 Å². The fourth-order valence-corrected chi connectivity index (χ4v) is 2.47. The second-order valence-electron chi connectivity index (χ2n) is 4.94. The summed E-state index contributed by atoms with van der Waals surface area (Å²) in [5.74, 6) is -0.816.